The lowest BCUT2D eigenvalue weighted by molar-refractivity contribution is -0.121. The van der Waals surface area contributed by atoms with Gasteiger partial charge in [0.15, 0.2) is 0 Å². The Hall–Kier alpha value is -0.610. The molecule has 4 unspecified atom stereocenters. The van der Waals surface area contributed by atoms with E-state index in [1.54, 1.807) is 0 Å². The largest absolute Gasteiger partial charge is 0.373 e. The highest BCUT2D eigenvalue weighted by Gasteiger charge is 2.40. The summed E-state index contributed by atoms with van der Waals surface area (Å²) in [6.45, 7) is 4.61. The summed E-state index contributed by atoms with van der Waals surface area (Å²) in [6, 6.07) is 0.673. The highest BCUT2D eigenvalue weighted by atomic mass is 16.5. The number of hydrogen-bond acceptors (Lipinski definition) is 3. The van der Waals surface area contributed by atoms with E-state index in [0.717, 1.165) is 25.7 Å². The summed E-state index contributed by atoms with van der Waals surface area (Å²) < 4.78 is 5.74. The molecule has 17 heavy (non-hydrogen) atoms. The van der Waals surface area contributed by atoms with Crippen LogP contribution in [-0.4, -0.2) is 36.7 Å². The van der Waals surface area contributed by atoms with Crippen LogP contribution in [0.1, 0.15) is 46.0 Å². The van der Waals surface area contributed by atoms with E-state index in [0.29, 0.717) is 24.8 Å². The molecule has 2 saturated heterocycles. The molecule has 2 fully saturated rings. The van der Waals surface area contributed by atoms with Crippen LogP contribution < -0.4 is 10.6 Å². The second-order valence-electron chi connectivity index (χ2n) is 5.35. The minimum Gasteiger partial charge on any atom is -0.373 e. The molecule has 2 rings (SSSR count). The zero-order valence-electron chi connectivity index (χ0n) is 10.9. The van der Waals surface area contributed by atoms with E-state index < -0.39 is 0 Å². The zero-order valence-corrected chi connectivity index (χ0v) is 10.9. The smallest absolute Gasteiger partial charge is 0.234 e. The maximum atomic E-state index is 11.7. The van der Waals surface area contributed by atoms with Crippen LogP contribution in [0.2, 0.25) is 0 Å². The fourth-order valence-corrected chi connectivity index (χ4v) is 2.91. The van der Waals surface area contributed by atoms with Crippen LogP contribution in [0.25, 0.3) is 0 Å². The SMILES string of the molecule is CCCC(C)NC(=O)CNC1CC2CCC1O2. The van der Waals surface area contributed by atoms with Gasteiger partial charge >= 0.3 is 0 Å². The van der Waals surface area contributed by atoms with E-state index >= 15 is 0 Å². The van der Waals surface area contributed by atoms with E-state index in [1.807, 2.05) is 0 Å². The number of nitrogens with one attached hydrogen (secondary N) is 2. The topological polar surface area (TPSA) is 50.4 Å². The Morgan fingerprint density at radius 3 is 2.88 bits per heavy atom. The number of carbonyl (C=O) groups excluding carboxylic acids is 1. The van der Waals surface area contributed by atoms with Crippen molar-refractivity contribution in [3.63, 3.8) is 0 Å². The number of carbonyl (C=O) groups is 1. The quantitative estimate of drug-likeness (QED) is 0.733. The highest BCUT2D eigenvalue weighted by Crippen LogP contribution is 2.34. The molecule has 0 aromatic heterocycles. The Balaban J connectivity index is 1.63. The Labute approximate surface area is 103 Å². The lowest BCUT2D eigenvalue weighted by Crippen LogP contribution is -2.45. The van der Waals surface area contributed by atoms with Crippen LogP contribution in [0.3, 0.4) is 0 Å². The highest BCUT2D eigenvalue weighted by molar-refractivity contribution is 5.78. The Morgan fingerprint density at radius 2 is 2.29 bits per heavy atom. The van der Waals surface area contributed by atoms with Gasteiger partial charge in [-0.3, -0.25) is 4.79 Å². The van der Waals surface area contributed by atoms with E-state index in [4.69, 9.17) is 4.74 Å². The lowest BCUT2D eigenvalue weighted by atomic mass is 9.95. The van der Waals surface area contributed by atoms with Gasteiger partial charge in [-0.1, -0.05) is 13.3 Å². The first-order valence-electron chi connectivity index (χ1n) is 6.87. The first kappa shape index (κ1) is 12.8. The van der Waals surface area contributed by atoms with Crippen LogP contribution in [0.15, 0.2) is 0 Å². The van der Waals surface area contributed by atoms with E-state index in [9.17, 15) is 4.79 Å². The van der Waals surface area contributed by atoms with Gasteiger partial charge in [-0.25, -0.2) is 0 Å². The molecule has 98 valence electrons. The summed E-state index contributed by atoms with van der Waals surface area (Å²) in [7, 11) is 0. The third-order valence-corrected chi connectivity index (χ3v) is 3.76. The molecule has 0 radical (unpaired) electrons. The second kappa shape index (κ2) is 5.83. The third kappa shape index (κ3) is 3.42. The van der Waals surface area contributed by atoms with Crippen molar-refractivity contribution in [1.82, 2.24) is 10.6 Å². The zero-order chi connectivity index (χ0) is 12.3. The van der Waals surface area contributed by atoms with E-state index in [-0.39, 0.29) is 11.9 Å². The van der Waals surface area contributed by atoms with Crippen LogP contribution in [0.5, 0.6) is 0 Å². The molecule has 0 spiro atoms. The average molecular weight is 240 g/mol. The molecule has 4 heteroatoms. The molecule has 0 aromatic rings. The van der Waals surface area contributed by atoms with Gasteiger partial charge in [-0.05, 0) is 32.6 Å². The molecule has 2 aliphatic heterocycles. The Kier molecular flexibility index (Phi) is 4.40. The summed E-state index contributed by atoms with van der Waals surface area (Å²) in [5.41, 5.74) is 0. The minimum atomic E-state index is 0.105. The van der Waals surface area contributed by atoms with Crippen molar-refractivity contribution in [2.75, 3.05) is 6.54 Å². The normalized spacial score (nSPS) is 32.7. The molecule has 2 aliphatic rings. The van der Waals surface area contributed by atoms with Crippen LogP contribution in [-0.2, 0) is 9.53 Å². The molecule has 0 aromatic carbocycles. The summed E-state index contributed by atoms with van der Waals surface area (Å²) in [6.07, 6.45) is 6.36. The Morgan fingerprint density at radius 1 is 1.47 bits per heavy atom. The molecule has 0 aliphatic carbocycles. The molecule has 0 saturated carbocycles. The number of rotatable bonds is 6. The minimum absolute atomic E-state index is 0.105. The van der Waals surface area contributed by atoms with Crippen LogP contribution in [0, 0.1) is 0 Å². The molecular formula is C13H24N2O2. The van der Waals surface area contributed by atoms with Crippen LogP contribution in [0.4, 0.5) is 0 Å². The van der Waals surface area contributed by atoms with Gasteiger partial charge in [-0.2, -0.15) is 0 Å². The van der Waals surface area contributed by atoms with Crippen molar-refractivity contribution in [2.24, 2.45) is 0 Å². The molecule has 2 bridgehead atoms. The van der Waals surface area contributed by atoms with Crippen molar-refractivity contribution in [1.29, 1.82) is 0 Å². The lowest BCUT2D eigenvalue weighted by Gasteiger charge is -2.20. The molecule has 2 heterocycles. The van der Waals surface area contributed by atoms with Gasteiger partial charge < -0.3 is 15.4 Å². The first-order valence-corrected chi connectivity index (χ1v) is 6.87. The predicted octanol–water partition coefficient (Wildman–Crippen LogP) is 1.20. The molecular weight excluding hydrogens is 216 g/mol. The van der Waals surface area contributed by atoms with Crippen LogP contribution >= 0.6 is 0 Å². The third-order valence-electron chi connectivity index (χ3n) is 3.76. The van der Waals surface area contributed by atoms with Gasteiger partial charge in [0.1, 0.15) is 0 Å². The summed E-state index contributed by atoms with van der Waals surface area (Å²) in [4.78, 5) is 11.7. The summed E-state index contributed by atoms with van der Waals surface area (Å²) in [5.74, 6) is 0.105. The summed E-state index contributed by atoms with van der Waals surface area (Å²) in [5, 5.41) is 6.33. The van der Waals surface area contributed by atoms with Gasteiger partial charge in [-0.15, -0.1) is 0 Å². The predicted molar refractivity (Wildman–Crippen MR) is 66.8 cm³/mol. The fraction of sp³-hybridized carbons (Fsp3) is 0.923. The Bertz CT molecular complexity index is 270. The van der Waals surface area contributed by atoms with Crippen molar-refractivity contribution in [3.05, 3.63) is 0 Å². The van der Waals surface area contributed by atoms with E-state index in [1.165, 1.54) is 6.42 Å². The number of hydrogen-bond donors (Lipinski definition) is 2. The van der Waals surface area contributed by atoms with Gasteiger partial charge in [0.2, 0.25) is 5.91 Å². The molecule has 1 amide bonds. The number of fused-ring (bicyclic) bond motifs is 2. The van der Waals surface area contributed by atoms with Gasteiger partial charge in [0.25, 0.3) is 0 Å². The van der Waals surface area contributed by atoms with Crippen molar-refractivity contribution >= 4 is 5.91 Å². The van der Waals surface area contributed by atoms with Gasteiger partial charge in [0, 0.05) is 12.1 Å². The first-order chi connectivity index (χ1) is 8.19. The molecule has 2 N–H and O–H groups in total. The molecule has 4 nitrogen and oxygen atoms in total. The van der Waals surface area contributed by atoms with Crippen molar-refractivity contribution in [3.8, 4) is 0 Å². The van der Waals surface area contributed by atoms with Crippen molar-refractivity contribution in [2.45, 2.75) is 70.2 Å². The monoisotopic (exact) mass is 240 g/mol. The number of ether oxygens (including phenoxy) is 1. The number of amides is 1. The average Bonchev–Trinajstić information content (AvgIpc) is 2.88. The maximum Gasteiger partial charge on any atom is 0.234 e. The second-order valence-corrected chi connectivity index (χ2v) is 5.35. The summed E-state index contributed by atoms with van der Waals surface area (Å²) >= 11 is 0. The fourth-order valence-electron chi connectivity index (χ4n) is 2.91. The van der Waals surface area contributed by atoms with E-state index in [2.05, 4.69) is 24.5 Å². The van der Waals surface area contributed by atoms with Crippen molar-refractivity contribution < 1.29 is 9.53 Å². The van der Waals surface area contributed by atoms with Gasteiger partial charge in [0.05, 0.1) is 18.8 Å². The molecule has 4 atom stereocenters. The maximum absolute atomic E-state index is 11.7. The standard InChI is InChI=1S/C13H24N2O2/c1-3-4-9(2)15-13(16)8-14-11-7-10-5-6-12(11)17-10/h9-12,14H,3-8H2,1-2H3,(H,15,16).